The molecular weight excluding hydrogens is 284 g/mol. The second-order valence-electron chi connectivity index (χ2n) is 4.49. The Bertz CT molecular complexity index is 418. The molecule has 0 aliphatic heterocycles. The molecule has 3 N–H and O–H groups in total. The highest BCUT2D eigenvalue weighted by Crippen LogP contribution is 2.18. The zero-order valence-corrected chi connectivity index (χ0v) is 12.0. The first-order valence-electron chi connectivity index (χ1n) is 5.63. The van der Waals surface area contributed by atoms with Crippen molar-refractivity contribution in [2.75, 3.05) is 18.5 Å². The average molecular weight is 303 g/mol. The van der Waals surface area contributed by atoms with E-state index >= 15 is 0 Å². The van der Waals surface area contributed by atoms with Gasteiger partial charge in [0.1, 0.15) is 10.3 Å². The van der Waals surface area contributed by atoms with Gasteiger partial charge >= 0.3 is 0 Å². The quantitative estimate of drug-likeness (QED) is 0.861. The smallest absolute Gasteiger partial charge is 0.267 e. The normalized spacial score (nSPS) is 12.8. The fourth-order valence-corrected chi connectivity index (χ4v) is 1.94. The van der Waals surface area contributed by atoms with E-state index in [0.29, 0.717) is 16.2 Å². The van der Waals surface area contributed by atoms with Crippen LogP contribution in [0.15, 0.2) is 15.6 Å². The zero-order chi connectivity index (χ0) is 13.0. The second kappa shape index (κ2) is 6.16. The molecule has 0 aliphatic carbocycles. The molecule has 1 heterocycles. The molecule has 1 rings (SSSR count). The van der Waals surface area contributed by atoms with E-state index < -0.39 is 0 Å². The van der Waals surface area contributed by atoms with Gasteiger partial charge in [0.2, 0.25) is 0 Å². The van der Waals surface area contributed by atoms with Crippen molar-refractivity contribution in [3.63, 3.8) is 0 Å². The van der Waals surface area contributed by atoms with E-state index in [4.69, 9.17) is 5.73 Å². The lowest BCUT2D eigenvalue weighted by molar-refractivity contribution is 0.465. The highest BCUT2D eigenvalue weighted by molar-refractivity contribution is 9.10. The van der Waals surface area contributed by atoms with Crippen molar-refractivity contribution in [1.82, 2.24) is 9.97 Å². The molecule has 6 heteroatoms. The summed E-state index contributed by atoms with van der Waals surface area (Å²) in [5, 5.41) is 0. The minimum absolute atomic E-state index is 0.165. The van der Waals surface area contributed by atoms with Crippen LogP contribution in [0.5, 0.6) is 0 Å². The molecule has 0 saturated carbocycles. The number of nitrogens with zero attached hydrogens (tertiary/aromatic N) is 2. The van der Waals surface area contributed by atoms with Gasteiger partial charge in [-0.2, -0.15) is 0 Å². The summed E-state index contributed by atoms with van der Waals surface area (Å²) < 4.78 is 0.459. The Balaban J connectivity index is 2.67. The summed E-state index contributed by atoms with van der Waals surface area (Å²) in [6.45, 7) is 4.98. The number of hydrogen-bond acceptors (Lipinski definition) is 4. The Hall–Kier alpha value is -0.880. The lowest BCUT2D eigenvalue weighted by atomic mass is 10.0. The molecule has 1 aromatic rings. The number of H-pyrrole nitrogens is 1. The third-order valence-corrected chi connectivity index (χ3v) is 3.51. The van der Waals surface area contributed by atoms with Crippen molar-refractivity contribution >= 4 is 21.7 Å². The van der Waals surface area contributed by atoms with Crippen molar-refractivity contribution in [3.05, 3.63) is 21.2 Å². The van der Waals surface area contributed by atoms with E-state index in [-0.39, 0.29) is 11.6 Å². The number of nitrogens with two attached hydrogens (primary N) is 1. The molecule has 0 aromatic carbocycles. The van der Waals surface area contributed by atoms with E-state index in [1.807, 2.05) is 11.9 Å². The van der Waals surface area contributed by atoms with Gasteiger partial charge in [-0.25, -0.2) is 4.98 Å². The van der Waals surface area contributed by atoms with E-state index in [0.717, 1.165) is 13.0 Å². The van der Waals surface area contributed by atoms with Gasteiger partial charge in [-0.05, 0) is 28.3 Å². The maximum Gasteiger partial charge on any atom is 0.267 e. The molecule has 17 heavy (non-hydrogen) atoms. The number of aromatic amines is 1. The topological polar surface area (TPSA) is 75.0 Å². The summed E-state index contributed by atoms with van der Waals surface area (Å²) in [5.74, 6) is 1.10. The maximum absolute atomic E-state index is 11.4. The van der Waals surface area contributed by atoms with E-state index in [1.54, 1.807) is 0 Å². The highest BCUT2D eigenvalue weighted by Gasteiger charge is 2.13. The zero-order valence-electron chi connectivity index (χ0n) is 10.4. The summed E-state index contributed by atoms with van der Waals surface area (Å²) in [4.78, 5) is 20.0. The van der Waals surface area contributed by atoms with Gasteiger partial charge < -0.3 is 15.6 Å². The first kappa shape index (κ1) is 14.2. The molecule has 1 atom stereocenters. The monoisotopic (exact) mass is 302 g/mol. The highest BCUT2D eigenvalue weighted by atomic mass is 79.9. The lowest BCUT2D eigenvalue weighted by Gasteiger charge is -2.22. The van der Waals surface area contributed by atoms with Gasteiger partial charge in [0.15, 0.2) is 0 Å². The fourth-order valence-electron chi connectivity index (χ4n) is 1.42. The van der Waals surface area contributed by atoms with Gasteiger partial charge in [-0.1, -0.05) is 13.8 Å². The van der Waals surface area contributed by atoms with Crippen LogP contribution in [0.2, 0.25) is 0 Å². The summed E-state index contributed by atoms with van der Waals surface area (Å²) >= 11 is 3.24. The molecule has 0 amide bonds. The van der Waals surface area contributed by atoms with Gasteiger partial charge in [0.05, 0.1) is 6.33 Å². The number of anilines is 1. The average Bonchev–Trinajstić information content (AvgIpc) is 2.29. The van der Waals surface area contributed by atoms with E-state index in [1.165, 1.54) is 6.33 Å². The summed E-state index contributed by atoms with van der Waals surface area (Å²) in [5.41, 5.74) is 5.81. The minimum Gasteiger partial charge on any atom is -0.358 e. The number of hydrogen-bond donors (Lipinski definition) is 2. The first-order chi connectivity index (χ1) is 7.93. The van der Waals surface area contributed by atoms with Crippen LogP contribution < -0.4 is 16.2 Å². The third-order valence-electron chi connectivity index (χ3n) is 2.79. The van der Waals surface area contributed by atoms with Gasteiger partial charge in [-0.3, -0.25) is 4.79 Å². The third kappa shape index (κ3) is 3.81. The molecule has 0 spiro atoms. The summed E-state index contributed by atoms with van der Waals surface area (Å²) in [6, 6.07) is 0.165. The molecule has 1 aromatic heterocycles. The molecule has 96 valence electrons. The Kier molecular flexibility index (Phi) is 5.14. The van der Waals surface area contributed by atoms with Gasteiger partial charge in [0.25, 0.3) is 5.56 Å². The van der Waals surface area contributed by atoms with Crippen LogP contribution in [-0.2, 0) is 0 Å². The predicted molar refractivity (Wildman–Crippen MR) is 73.3 cm³/mol. The Morgan fingerprint density at radius 2 is 2.24 bits per heavy atom. The molecule has 0 bridgehead atoms. The standard InChI is InChI=1S/C11H19BrN4O/c1-7(2)8(13)4-5-16(3)10-9(12)11(17)15-6-14-10/h6-8H,4-5,13H2,1-3H3,(H,14,15,17). The second-order valence-corrected chi connectivity index (χ2v) is 5.28. The van der Waals surface area contributed by atoms with E-state index in [9.17, 15) is 4.79 Å². The van der Waals surface area contributed by atoms with E-state index in [2.05, 4.69) is 39.7 Å². The number of aromatic nitrogens is 2. The molecule has 1 unspecified atom stereocenters. The molecule has 0 fully saturated rings. The number of rotatable bonds is 5. The molecule has 0 radical (unpaired) electrons. The largest absolute Gasteiger partial charge is 0.358 e. The van der Waals surface area contributed by atoms with Crippen LogP contribution in [-0.4, -0.2) is 29.6 Å². The molecular formula is C11H19BrN4O. The fraction of sp³-hybridized carbons (Fsp3) is 0.636. The predicted octanol–water partition coefficient (Wildman–Crippen LogP) is 1.34. The Morgan fingerprint density at radius 1 is 1.59 bits per heavy atom. The van der Waals surface area contributed by atoms with Crippen molar-refractivity contribution in [2.24, 2.45) is 11.7 Å². The van der Waals surface area contributed by atoms with Gasteiger partial charge in [0, 0.05) is 19.6 Å². The number of halogens is 1. The van der Waals surface area contributed by atoms with Crippen LogP contribution in [0.25, 0.3) is 0 Å². The van der Waals surface area contributed by atoms with Crippen LogP contribution in [0, 0.1) is 5.92 Å². The van der Waals surface area contributed by atoms with Crippen LogP contribution in [0.4, 0.5) is 5.82 Å². The van der Waals surface area contributed by atoms with Crippen molar-refractivity contribution in [3.8, 4) is 0 Å². The molecule has 0 saturated heterocycles. The van der Waals surface area contributed by atoms with Crippen LogP contribution in [0.3, 0.4) is 0 Å². The minimum atomic E-state index is -0.171. The SMILES string of the molecule is CC(C)C(N)CCN(C)c1nc[nH]c(=O)c1Br. The Labute approximate surface area is 110 Å². The summed E-state index contributed by atoms with van der Waals surface area (Å²) in [6.07, 6.45) is 2.27. The van der Waals surface area contributed by atoms with Gasteiger partial charge in [-0.15, -0.1) is 0 Å². The maximum atomic E-state index is 11.4. The van der Waals surface area contributed by atoms with Crippen molar-refractivity contribution in [1.29, 1.82) is 0 Å². The van der Waals surface area contributed by atoms with Crippen molar-refractivity contribution in [2.45, 2.75) is 26.3 Å². The first-order valence-corrected chi connectivity index (χ1v) is 6.42. The van der Waals surface area contributed by atoms with Crippen LogP contribution in [0.1, 0.15) is 20.3 Å². The summed E-state index contributed by atoms with van der Waals surface area (Å²) in [7, 11) is 1.90. The van der Waals surface area contributed by atoms with Crippen molar-refractivity contribution < 1.29 is 0 Å². The van der Waals surface area contributed by atoms with Crippen LogP contribution >= 0.6 is 15.9 Å². The lowest BCUT2D eigenvalue weighted by Crippen LogP contribution is -2.32. The number of nitrogens with one attached hydrogen (secondary N) is 1. The molecule has 5 nitrogen and oxygen atoms in total. The molecule has 0 aliphatic rings. The Morgan fingerprint density at radius 3 is 2.82 bits per heavy atom.